The second-order valence-electron chi connectivity index (χ2n) is 2.48. The Morgan fingerprint density at radius 3 is 2.75 bits per heavy atom. The van der Waals surface area contributed by atoms with Crippen molar-refractivity contribution in [3.63, 3.8) is 0 Å². The van der Waals surface area contributed by atoms with Gasteiger partial charge in [-0.25, -0.2) is 4.39 Å². The molecule has 2 atom stereocenters. The second kappa shape index (κ2) is 6.00. The van der Waals surface area contributed by atoms with Crippen LogP contribution in [0.4, 0.5) is 4.39 Å². The Labute approximate surface area is 76.0 Å². The average molecular weight is 195 g/mol. The van der Waals surface area contributed by atoms with Crippen molar-refractivity contribution in [2.45, 2.75) is 31.3 Å². The van der Waals surface area contributed by atoms with Crippen molar-refractivity contribution >= 4 is 17.6 Å². The molecular weight excluding hydrogens is 183 g/mol. The third-order valence-electron chi connectivity index (χ3n) is 1.28. The monoisotopic (exact) mass is 194 g/mol. The number of alkyl halides is 2. The van der Waals surface area contributed by atoms with Crippen molar-refractivity contribution in [3.8, 4) is 0 Å². The van der Waals surface area contributed by atoms with Gasteiger partial charge in [-0.05, 0) is 13.3 Å². The number of aliphatic carboxylic acids is 1. The Bertz CT molecular complexity index is 168. The van der Waals surface area contributed by atoms with Crippen molar-refractivity contribution in [2.75, 3.05) is 0 Å². The molecule has 0 heterocycles. The number of carbonyl (C=O) groups is 1. The van der Waals surface area contributed by atoms with Crippen LogP contribution in [-0.2, 0) is 4.79 Å². The Hall–Kier alpha value is -0.570. The Balaban J connectivity index is 3.55. The highest BCUT2D eigenvalue weighted by atomic mass is 35.5. The van der Waals surface area contributed by atoms with E-state index in [4.69, 9.17) is 16.7 Å². The highest BCUT2D eigenvalue weighted by Gasteiger charge is 2.07. The van der Waals surface area contributed by atoms with Crippen LogP contribution >= 0.6 is 11.6 Å². The van der Waals surface area contributed by atoms with Crippen molar-refractivity contribution in [3.05, 3.63) is 12.2 Å². The SMILES string of the molecule is C[C@H](F)[C@H](Cl)/C=C\CCC(=O)O. The van der Waals surface area contributed by atoms with Gasteiger partial charge in [0, 0.05) is 6.42 Å². The van der Waals surface area contributed by atoms with Crippen LogP contribution in [0.25, 0.3) is 0 Å². The highest BCUT2D eigenvalue weighted by molar-refractivity contribution is 6.22. The molecule has 2 nitrogen and oxygen atoms in total. The minimum absolute atomic E-state index is 0.0563. The van der Waals surface area contributed by atoms with Crippen molar-refractivity contribution in [2.24, 2.45) is 0 Å². The summed E-state index contributed by atoms with van der Waals surface area (Å²) in [5, 5.41) is 7.59. The topological polar surface area (TPSA) is 37.3 Å². The summed E-state index contributed by atoms with van der Waals surface area (Å²) in [6.45, 7) is 1.36. The van der Waals surface area contributed by atoms with Gasteiger partial charge in [0.1, 0.15) is 6.17 Å². The van der Waals surface area contributed by atoms with Crippen LogP contribution in [-0.4, -0.2) is 22.6 Å². The van der Waals surface area contributed by atoms with Gasteiger partial charge in [-0.2, -0.15) is 0 Å². The highest BCUT2D eigenvalue weighted by Crippen LogP contribution is 2.08. The van der Waals surface area contributed by atoms with Crippen LogP contribution < -0.4 is 0 Å². The second-order valence-corrected chi connectivity index (χ2v) is 2.99. The molecule has 0 radical (unpaired) electrons. The summed E-state index contributed by atoms with van der Waals surface area (Å²) in [6.07, 6.45) is 2.41. The standard InChI is InChI=1S/C8H12ClFO2/c1-6(10)7(9)4-2-3-5-8(11)12/h2,4,6-7H,3,5H2,1H3,(H,11,12)/b4-2-/t6-,7+/m0/s1. The first-order valence-electron chi connectivity index (χ1n) is 3.70. The lowest BCUT2D eigenvalue weighted by atomic mass is 10.2. The fraction of sp³-hybridized carbons (Fsp3) is 0.625. The average Bonchev–Trinajstić information content (AvgIpc) is 1.97. The van der Waals surface area contributed by atoms with Crippen LogP contribution in [0.2, 0.25) is 0 Å². The summed E-state index contributed by atoms with van der Waals surface area (Å²) in [5.41, 5.74) is 0. The van der Waals surface area contributed by atoms with Crippen LogP contribution in [0.15, 0.2) is 12.2 Å². The summed E-state index contributed by atoms with van der Waals surface area (Å²) < 4.78 is 12.4. The van der Waals surface area contributed by atoms with E-state index < -0.39 is 17.5 Å². The van der Waals surface area contributed by atoms with Crippen LogP contribution in [0.1, 0.15) is 19.8 Å². The van der Waals surface area contributed by atoms with Crippen molar-refractivity contribution < 1.29 is 14.3 Å². The molecule has 0 aromatic heterocycles. The molecule has 0 unspecified atom stereocenters. The summed E-state index contributed by atoms with van der Waals surface area (Å²) in [7, 11) is 0. The smallest absolute Gasteiger partial charge is 0.303 e. The van der Waals surface area contributed by atoms with Crippen LogP contribution in [0, 0.1) is 0 Å². The fourth-order valence-electron chi connectivity index (χ4n) is 0.586. The zero-order valence-corrected chi connectivity index (χ0v) is 7.59. The van der Waals surface area contributed by atoms with Gasteiger partial charge in [0.05, 0.1) is 5.38 Å². The molecule has 1 N–H and O–H groups in total. The van der Waals surface area contributed by atoms with E-state index in [2.05, 4.69) is 0 Å². The molecule has 0 aromatic rings. The Morgan fingerprint density at radius 2 is 2.33 bits per heavy atom. The van der Waals surface area contributed by atoms with E-state index in [0.29, 0.717) is 6.42 Å². The molecule has 0 aromatic carbocycles. The van der Waals surface area contributed by atoms with E-state index in [-0.39, 0.29) is 6.42 Å². The van der Waals surface area contributed by atoms with E-state index >= 15 is 0 Å². The van der Waals surface area contributed by atoms with Gasteiger partial charge in [0.25, 0.3) is 0 Å². The van der Waals surface area contributed by atoms with Gasteiger partial charge < -0.3 is 5.11 Å². The van der Waals surface area contributed by atoms with Crippen LogP contribution in [0.5, 0.6) is 0 Å². The summed E-state index contributed by atoms with van der Waals surface area (Å²) in [5.74, 6) is -0.862. The number of rotatable bonds is 5. The predicted octanol–water partition coefficient (Wildman–Crippen LogP) is 2.37. The first-order valence-corrected chi connectivity index (χ1v) is 4.14. The lowest BCUT2D eigenvalue weighted by Gasteiger charge is -2.02. The molecule has 0 aliphatic carbocycles. The van der Waals surface area contributed by atoms with E-state index in [9.17, 15) is 9.18 Å². The van der Waals surface area contributed by atoms with Gasteiger partial charge in [-0.15, -0.1) is 11.6 Å². The van der Waals surface area contributed by atoms with Gasteiger partial charge in [-0.1, -0.05) is 12.2 Å². The molecule has 70 valence electrons. The number of halogens is 2. The number of carboxylic acid groups (broad SMARTS) is 1. The maximum atomic E-state index is 12.4. The lowest BCUT2D eigenvalue weighted by Crippen LogP contribution is -2.07. The summed E-state index contributed by atoms with van der Waals surface area (Å²) in [4.78, 5) is 10.0. The zero-order valence-electron chi connectivity index (χ0n) is 6.84. The minimum atomic E-state index is -1.10. The quantitative estimate of drug-likeness (QED) is 0.539. The predicted molar refractivity (Wildman–Crippen MR) is 46.2 cm³/mol. The third-order valence-corrected chi connectivity index (χ3v) is 1.78. The molecule has 0 aliphatic rings. The maximum Gasteiger partial charge on any atom is 0.303 e. The van der Waals surface area contributed by atoms with E-state index in [0.717, 1.165) is 0 Å². The molecule has 0 rings (SSSR count). The molecule has 0 saturated heterocycles. The largest absolute Gasteiger partial charge is 0.481 e. The first-order chi connectivity index (χ1) is 5.54. The van der Waals surface area contributed by atoms with Gasteiger partial charge >= 0.3 is 5.97 Å². The molecule has 0 aliphatic heterocycles. The van der Waals surface area contributed by atoms with Crippen molar-refractivity contribution in [1.29, 1.82) is 0 Å². The molecule has 4 heteroatoms. The summed E-state index contributed by atoms with van der Waals surface area (Å²) >= 11 is 5.52. The molecule has 0 spiro atoms. The third kappa shape index (κ3) is 6.16. The van der Waals surface area contributed by atoms with E-state index in [1.54, 1.807) is 6.08 Å². The van der Waals surface area contributed by atoms with Gasteiger partial charge in [0.2, 0.25) is 0 Å². The van der Waals surface area contributed by atoms with Gasteiger partial charge in [0.15, 0.2) is 0 Å². The normalized spacial score (nSPS) is 16.2. The molecule has 0 fully saturated rings. The van der Waals surface area contributed by atoms with Crippen molar-refractivity contribution in [1.82, 2.24) is 0 Å². The molecular formula is C8H12ClFO2. The molecule has 0 saturated carbocycles. The van der Waals surface area contributed by atoms with Crippen LogP contribution in [0.3, 0.4) is 0 Å². The maximum absolute atomic E-state index is 12.4. The van der Waals surface area contributed by atoms with E-state index in [1.165, 1.54) is 13.0 Å². The van der Waals surface area contributed by atoms with Gasteiger partial charge in [-0.3, -0.25) is 4.79 Å². The Morgan fingerprint density at radius 1 is 1.75 bits per heavy atom. The van der Waals surface area contributed by atoms with E-state index in [1.807, 2.05) is 0 Å². The molecule has 0 bridgehead atoms. The fourth-order valence-corrected chi connectivity index (χ4v) is 0.689. The lowest BCUT2D eigenvalue weighted by molar-refractivity contribution is -0.136. The number of hydrogen-bond acceptors (Lipinski definition) is 1. The number of allylic oxidation sites excluding steroid dienone is 2. The first kappa shape index (κ1) is 11.4. The summed E-state index contributed by atoms with van der Waals surface area (Å²) in [6, 6.07) is 0. The number of carboxylic acids is 1. The number of hydrogen-bond donors (Lipinski definition) is 1. The molecule has 0 amide bonds. The Kier molecular flexibility index (Phi) is 5.72. The zero-order chi connectivity index (χ0) is 9.56. The minimum Gasteiger partial charge on any atom is -0.481 e. The molecule has 12 heavy (non-hydrogen) atoms.